The Kier molecular flexibility index (Phi) is 8.01. The van der Waals surface area contributed by atoms with Gasteiger partial charge in [-0.25, -0.2) is 0 Å². The largest absolute Gasteiger partial charge is 0.489 e. The first-order valence-electron chi connectivity index (χ1n) is 6.70. The number of aryl methyl sites for hydroxylation is 2. The van der Waals surface area contributed by atoms with Gasteiger partial charge in [-0.05, 0) is 42.2 Å². The van der Waals surface area contributed by atoms with Crippen molar-refractivity contribution < 1.29 is 14.7 Å². The van der Waals surface area contributed by atoms with Crippen molar-refractivity contribution in [2.24, 2.45) is 5.16 Å². The van der Waals surface area contributed by atoms with Crippen molar-refractivity contribution in [2.75, 3.05) is 13.2 Å². The van der Waals surface area contributed by atoms with Crippen molar-refractivity contribution in [3.05, 3.63) is 33.8 Å². The fourth-order valence-corrected chi connectivity index (χ4v) is 2.00. The van der Waals surface area contributed by atoms with E-state index in [2.05, 4.69) is 5.16 Å². The molecule has 0 spiro atoms. The minimum Gasteiger partial charge on any atom is -0.489 e. The summed E-state index contributed by atoms with van der Waals surface area (Å²) >= 11 is 11.1. The topological polar surface area (TPSA) is 51.0 Å². The molecule has 0 aliphatic rings. The third-order valence-corrected chi connectivity index (χ3v) is 3.16. The van der Waals surface area contributed by atoms with Crippen LogP contribution in [0.25, 0.3) is 0 Å². The van der Waals surface area contributed by atoms with Crippen LogP contribution in [0.4, 0.5) is 0 Å². The predicted octanol–water partition coefficient (Wildman–Crippen LogP) is 4.35. The molecule has 1 N–H and O–H groups in total. The molecular weight excluding hydrogens is 313 g/mol. The van der Waals surface area contributed by atoms with Crippen LogP contribution in [0.15, 0.2) is 27.9 Å². The number of benzene rings is 1. The van der Waals surface area contributed by atoms with Crippen molar-refractivity contribution in [3.8, 4) is 11.5 Å². The lowest BCUT2D eigenvalue weighted by molar-refractivity contribution is 0.310. The summed E-state index contributed by atoms with van der Waals surface area (Å²) in [5, 5.41) is 11.4. The van der Waals surface area contributed by atoms with Crippen LogP contribution in [-0.2, 0) is 12.8 Å². The maximum atomic E-state index is 8.43. The van der Waals surface area contributed by atoms with Gasteiger partial charge in [-0.1, -0.05) is 42.2 Å². The van der Waals surface area contributed by atoms with E-state index >= 15 is 0 Å². The Morgan fingerprint density at radius 2 is 1.76 bits per heavy atom. The van der Waals surface area contributed by atoms with Crippen LogP contribution < -0.4 is 9.47 Å². The molecule has 0 aliphatic heterocycles. The van der Waals surface area contributed by atoms with Gasteiger partial charge in [0.15, 0.2) is 0 Å². The lowest BCUT2D eigenvalue weighted by atomic mass is 10.0. The number of rotatable bonds is 8. The first-order chi connectivity index (χ1) is 10.1. The number of ether oxygens (including phenoxy) is 2. The van der Waals surface area contributed by atoms with Crippen molar-refractivity contribution in [1.82, 2.24) is 0 Å². The minimum absolute atomic E-state index is 0.185. The zero-order valence-corrected chi connectivity index (χ0v) is 13.6. The highest BCUT2D eigenvalue weighted by molar-refractivity contribution is 6.55. The first-order valence-corrected chi connectivity index (χ1v) is 7.46. The quantitative estimate of drug-likeness (QED) is 0.437. The molecule has 0 heterocycles. The number of halogens is 2. The number of nitrogens with zero attached hydrogens (tertiary/aromatic N) is 1. The fraction of sp³-hybridized carbons (Fsp3) is 0.400. The Labute approximate surface area is 135 Å². The molecule has 21 heavy (non-hydrogen) atoms. The van der Waals surface area contributed by atoms with Crippen molar-refractivity contribution in [3.63, 3.8) is 0 Å². The highest BCUT2D eigenvalue weighted by Gasteiger charge is 2.11. The summed E-state index contributed by atoms with van der Waals surface area (Å²) in [6.45, 7) is 4.62. The smallest absolute Gasteiger partial charge is 0.127 e. The second-order valence-electron chi connectivity index (χ2n) is 4.19. The Hall–Kier alpha value is -1.39. The summed E-state index contributed by atoms with van der Waals surface area (Å²) in [6.07, 6.45) is 4.50. The highest BCUT2D eigenvalue weighted by atomic mass is 35.5. The zero-order chi connectivity index (χ0) is 15.7. The molecular formula is C15H19Cl2NO3. The van der Waals surface area contributed by atoms with Crippen LogP contribution in [0.2, 0.25) is 0 Å². The molecule has 1 rings (SSSR count). The standard InChI is InChI=1S/C15H19Cl2NO3/c1-3-11-9-13(20-7-5-14(16)17)10-12(4-2)15(11)21-8-6-18-19/h5-6,9-10,19H,3-4,7-8H2,1-2H3/b18-6+. The number of oxime groups is 1. The number of hydrogen-bond donors (Lipinski definition) is 1. The molecule has 0 aromatic heterocycles. The molecule has 0 radical (unpaired) electrons. The van der Waals surface area contributed by atoms with Gasteiger partial charge in [0.25, 0.3) is 0 Å². The average molecular weight is 332 g/mol. The molecule has 0 amide bonds. The van der Waals surface area contributed by atoms with Gasteiger partial charge >= 0.3 is 0 Å². The average Bonchev–Trinajstić information content (AvgIpc) is 2.47. The predicted molar refractivity (Wildman–Crippen MR) is 86.3 cm³/mol. The van der Waals surface area contributed by atoms with E-state index < -0.39 is 0 Å². The molecule has 0 bridgehead atoms. The molecule has 0 fully saturated rings. The maximum Gasteiger partial charge on any atom is 0.127 e. The lowest BCUT2D eigenvalue weighted by Gasteiger charge is -2.15. The second-order valence-corrected chi connectivity index (χ2v) is 5.20. The van der Waals surface area contributed by atoms with Gasteiger partial charge in [0, 0.05) is 0 Å². The molecule has 4 nitrogen and oxygen atoms in total. The second kappa shape index (κ2) is 9.53. The van der Waals surface area contributed by atoms with E-state index in [9.17, 15) is 0 Å². The van der Waals surface area contributed by atoms with Crippen LogP contribution in [0, 0.1) is 0 Å². The molecule has 0 unspecified atom stereocenters. The van der Waals surface area contributed by atoms with E-state index in [1.165, 1.54) is 6.21 Å². The SMILES string of the molecule is CCc1cc(OCC=C(Cl)Cl)cc(CC)c1OC/C=N/O. The lowest BCUT2D eigenvalue weighted by Crippen LogP contribution is -2.05. The summed E-state index contributed by atoms with van der Waals surface area (Å²) in [5.74, 6) is 1.57. The Balaban J connectivity index is 2.96. The summed E-state index contributed by atoms with van der Waals surface area (Å²) in [4.78, 5) is 0. The summed E-state index contributed by atoms with van der Waals surface area (Å²) < 4.78 is 11.5. The normalized spacial score (nSPS) is 10.7. The fourth-order valence-electron chi connectivity index (χ4n) is 1.87. The monoisotopic (exact) mass is 331 g/mol. The van der Waals surface area contributed by atoms with Gasteiger partial charge in [-0.15, -0.1) is 0 Å². The molecule has 1 aromatic carbocycles. The van der Waals surface area contributed by atoms with E-state index in [1.807, 2.05) is 26.0 Å². The molecule has 1 aromatic rings. The van der Waals surface area contributed by atoms with Gasteiger partial charge in [0.2, 0.25) is 0 Å². The summed E-state index contributed by atoms with van der Waals surface area (Å²) in [6, 6.07) is 3.86. The molecule has 0 saturated carbocycles. The Morgan fingerprint density at radius 3 is 2.24 bits per heavy atom. The van der Waals surface area contributed by atoms with Crippen molar-refractivity contribution >= 4 is 29.4 Å². The Bertz CT molecular complexity index is 487. The van der Waals surface area contributed by atoms with Gasteiger partial charge in [0.1, 0.15) is 29.2 Å². The van der Waals surface area contributed by atoms with Gasteiger partial charge in [-0.2, -0.15) is 0 Å². The van der Waals surface area contributed by atoms with Crippen LogP contribution in [0.3, 0.4) is 0 Å². The first kappa shape index (κ1) is 17.7. The van der Waals surface area contributed by atoms with E-state index in [0.717, 1.165) is 35.5 Å². The summed E-state index contributed by atoms with van der Waals surface area (Å²) in [7, 11) is 0. The highest BCUT2D eigenvalue weighted by Crippen LogP contribution is 2.30. The van der Waals surface area contributed by atoms with Crippen LogP contribution in [0.5, 0.6) is 11.5 Å². The van der Waals surface area contributed by atoms with Crippen molar-refractivity contribution in [2.45, 2.75) is 26.7 Å². The van der Waals surface area contributed by atoms with Gasteiger partial charge in [-0.3, -0.25) is 0 Å². The summed E-state index contributed by atoms with van der Waals surface area (Å²) in [5.41, 5.74) is 2.08. The minimum atomic E-state index is 0.185. The van der Waals surface area contributed by atoms with E-state index in [-0.39, 0.29) is 11.1 Å². The number of hydrogen-bond acceptors (Lipinski definition) is 4. The maximum absolute atomic E-state index is 8.43. The molecule has 0 saturated heterocycles. The van der Waals surface area contributed by atoms with E-state index in [0.29, 0.717) is 6.61 Å². The zero-order valence-electron chi connectivity index (χ0n) is 12.1. The third kappa shape index (κ3) is 5.86. The molecule has 116 valence electrons. The van der Waals surface area contributed by atoms with Gasteiger partial charge < -0.3 is 14.7 Å². The van der Waals surface area contributed by atoms with E-state index in [4.69, 9.17) is 37.9 Å². The molecule has 6 heteroatoms. The van der Waals surface area contributed by atoms with Crippen LogP contribution in [0.1, 0.15) is 25.0 Å². The molecule has 0 aliphatic carbocycles. The Morgan fingerprint density at radius 1 is 1.14 bits per heavy atom. The van der Waals surface area contributed by atoms with E-state index in [1.54, 1.807) is 6.08 Å². The van der Waals surface area contributed by atoms with Gasteiger partial charge in [0.05, 0.1) is 6.21 Å². The third-order valence-electron chi connectivity index (χ3n) is 2.85. The van der Waals surface area contributed by atoms with Crippen LogP contribution >= 0.6 is 23.2 Å². The van der Waals surface area contributed by atoms with Crippen LogP contribution in [-0.4, -0.2) is 24.6 Å². The van der Waals surface area contributed by atoms with Crippen molar-refractivity contribution in [1.29, 1.82) is 0 Å². The molecule has 0 atom stereocenters.